The van der Waals surface area contributed by atoms with Crippen LogP contribution in [0.4, 0.5) is 10.6 Å². The van der Waals surface area contributed by atoms with Crippen molar-refractivity contribution in [1.29, 1.82) is 0 Å². The van der Waals surface area contributed by atoms with Crippen molar-refractivity contribution in [1.82, 2.24) is 25.4 Å². The van der Waals surface area contributed by atoms with Crippen LogP contribution in [0.2, 0.25) is 5.02 Å². The minimum Gasteiger partial charge on any atom is -0.444 e. The number of halogens is 1. The number of nitrogens with zero attached hydrogens (tertiary/aromatic N) is 3. The van der Waals surface area contributed by atoms with Gasteiger partial charge in [-0.05, 0) is 70.2 Å². The molecule has 2 aromatic rings. The molecule has 1 aliphatic carbocycles. The van der Waals surface area contributed by atoms with Gasteiger partial charge in [-0.15, -0.1) is 11.3 Å². The van der Waals surface area contributed by atoms with Crippen molar-refractivity contribution in [3.63, 3.8) is 0 Å². The molecule has 0 aromatic carbocycles. The molecule has 14 heteroatoms. The van der Waals surface area contributed by atoms with Crippen LogP contribution in [0.15, 0.2) is 24.4 Å². The van der Waals surface area contributed by atoms with Gasteiger partial charge in [-0.2, -0.15) is 0 Å². The van der Waals surface area contributed by atoms with Crippen molar-refractivity contribution in [2.24, 2.45) is 5.92 Å². The lowest BCUT2D eigenvalue weighted by Gasteiger charge is -2.37. The Labute approximate surface area is 259 Å². The van der Waals surface area contributed by atoms with Gasteiger partial charge in [-0.3, -0.25) is 19.2 Å². The topological polar surface area (TPSA) is 150 Å². The first-order chi connectivity index (χ1) is 20.2. The summed E-state index contributed by atoms with van der Waals surface area (Å²) in [5.41, 5.74) is 0.274. The highest BCUT2D eigenvalue weighted by Crippen LogP contribution is 2.31. The van der Waals surface area contributed by atoms with E-state index in [9.17, 15) is 24.0 Å². The summed E-state index contributed by atoms with van der Waals surface area (Å²) >= 11 is 7.19. The Bertz CT molecular complexity index is 1390. The van der Waals surface area contributed by atoms with Crippen LogP contribution in [-0.2, 0) is 32.1 Å². The van der Waals surface area contributed by atoms with Crippen molar-refractivity contribution in [2.75, 3.05) is 26.0 Å². The zero-order valence-electron chi connectivity index (χ0n) is 24.9. The third kappa shape index (κ3) is 8.44. The first-order valence-corrected chi connectivity index (χ1v) is 15.2. The van der Waals surface area contributed by atoms with Crippen LogP contribution in [0, 0.1) is 5.92 Å². The molecule has 1 aliphatic heterocycles. The average molecular weight is 633 g/mol. The molecule has 3 N–H and O–H groups in total. The van der Waals surface area contributed by atoms with Gasteiger partial charge in [0.2, 0.25) is 5.91 Å². The van der Waals surface area contributed by atoms with Crippen LogP contribution in [0.25, 0.3) is 0 Å². The highest BCUT2D eigenvalue weighted by atomic mass is 35.5. The minimum absolute atomic E-state index is 0.0654. The standard InChI is InChI=1S/C29H37ClN6O6S/c1-29(2,3)42-28(41)36-11-10-21-17(15-36)13-22(43-21)24(37)33-20-12-16(27(40)35(4)5)6-8-19(20)32-25(38)26(39)34-23-9-7-18(30)14-31-23/h7,9,13-14,16,19-20H,6,8,10-12,15H2,1-5H3,(H,32,38)(H,33,37)(H,31,34,39)/t16-,19-,20+/m0/s1. The molecule has 5 amide bonds. The summed E-state index contributed by atoms with van der Waals surface area (Å²) in [4.78, 5) is 72.8. The van der Waals surface area contributed by atoms with Crippen molar-refractivity contribution >= 4 is 58.5 Å². The molecule has 0 radical (unpaired) electrons. The Hall–Kier alpha value is -3.71. The van der Waals surface area contributed by atoms with Crippen LogP contribution in [0.3, 0.4) is 0 Å². The Balaban J connectivity index is 1.44. The molecular formula is C29H37ClN6O6S. The first-order valence-electron chi connectivity index (χ1n) is 14.0. The lowest BCUT2D eigenvalue weighted by molar-refractivity contribution is -0.137. The number of fused-ring (bicyclic) bond motifs is 1. The van der Waals surface area contributed by atoms with E-state index in [0.29, 0.717) is 48.7 Å². The maximum absolute atomic E-state index is 13.5. The van der Waals surface area contributed by atoms with Crippen molar-refractivity contribution < 1.29 is 28.7 Å². The maximum Gasteiger partial charge on any atom is 0.410 e. The molecule has 232 valence electrons. The summed E-state index contributed by atoms with van der Waals surface area (Å²) in [7, 11) is 3.35. The number of rotatable bonds is 5. The number of amides is 5. The van der Waals surface area contributed by atoms with Gasteiger partial charge in [-0.1, -0.05) is 11.6 Å². The number of ether oxygens (including phenoxy) is 1. The van der Waals surface area contributed by atoms with Gasteiger partial charge in [0.15, 0.2) is 0 Å². The van der Waals surface area contributed by atoms with Crippen LogP contribution < -0.4 is 16.0 Å². The zero-order valence-corrected chi connectivity index (χ0v) is 26.4. The van der Waals surface area contributed by atoms with E-state index < -0.39 is 35.6 Å². The van der Waals surface area contributed by atoms with Crippen LogP contribution in [0.1, 0.15) is 60.1 Å². The normalized spacial score (nSPS) is 20.0. The highest BCUT2D eigenvalue weighted by Gasteiger charge is 2.37. The highest BCUT2D eigenvalue weighted by molar-refractivity contribution is 7.14. The number of aromatic nitrogens is 1. The summed E-state index contributed by atoms with van der Waals surface area (Å²) in [6, 6.07) is 3.61. The van der Waals surface area contributed by atoms with E-state index in [1.807, 2.05) is 20.8 Å². The van der Waals surface area contributed by atoms with E-state index in [-0.39, 0.29) is 23.6 Å². The van der Waals surface area contributed by atoms with Crippen LogP contribution in [0.5, 0.6) is 0 Å². The smallest absolute Gasteiger partial charge is 0.410 e. The van der Waals surface area contributed by atoms with Gasteiger partial charge in [-0.25, -0.2) is 9.78 Å². The lowest BCUT2D eigenvalue weighted by atomic mass is 9.81. The fourth-order valence-corrected chi connectivity index (χ4v) is 6.29. The molecule has 43 heavy (non-hydrogen) atoms. The van der Waals surface area contributed by atoms with Gasteiger partial charge in [0.05, 0.1) is 22.5 Å². The second-order valence-corrected chi connectivity index (χ2v) is 13.5. The predicted molar refractivity (Wildman–Crippen MR) is 162 cm³/mol. The quantitative estimate of drug-likeness (QED) is 0.429. The fourth-order valence-electron chi connectivity index (χ4n) is 5.12. The molecule has 0 spiro atoms. The van der Waals surface area contributed by atoms with E-state index in [0.717, 1.165) is 10.4 Å². The molecule has 3 atom stereocenters. The number of hydrogen-bond donors (Lipinski definition) is 3. The molecule has 0 unspecified atom stereocenters. The SMILES string of the molecule is CN(C)C(=O)[C@H]1CC[C@H](NC(=O)C(=O)Nc2ccc(Cl)cn2)[C@H](NC(=O)c2cc3c(s2)CCN(C(=O)OC(C)(C)C)C3)C1. The zero-order chi connectivity index (χ0) is 31.5. The van der Waals surface area contributed by atoms with Crippen molar-refractivity contribution in [3.05, 3.63) is 44.7 Å². The molecule has 12 nitrogen and oxygen atoms in total. The summed E-state index contributed by atoms with van der Waals surface area (Å²) in [5.74, 6) is -2.38. The first kappa shape index (κ1) is 32.2. The molecular weight excluding hydrogens is 596 g/mol. The Kier molecular flexibility index (Phi) is 9.96. The number of carbonyl (C=O) groups is 5. The molecule has 2 aromatic heterocycles. The third-order valence-corrected chi connectivity index (χ3v) is 8.65. The van der Waals surface area contributed by atoms with E-state index in [1.54, 1.807) is 25.1 Å². The molecule has 2 aliphatic rings. The number of hydrogen-bond acceptors (Lipinski definition) is 8. The van der Waals surface area contributed by atoms with E-state index >= 15 is 0 Å². The summed E-state index contributed by atoms with van der Waals surface area (Å²) in [6.45, 7) is 6.27. The number of carbonyl (C=O) groups excluding carboxylic acids is 5. The molecule has 0 saturated heterocycles. The van der Waals surface area contributed by atoms with E-state index in [1.165, 1.54) is 34.6 Å². The maximum atomic E-state index is 13.5. The van der Waals surface area contributed by atoms with Gasteiger partial charge in [0, 0.05) is 43.7 Å². The number of pyridine rings is 1. The fraction of sp³-hybridized carbons (Fsp3) is 0.517. The van der Waals surface area contributed by atoms with Crippen molar-refractivity contribution in [3.8, 4) is 0 Å². The lowest BCUT2D eigenvalue weighted by Crippen LogP contribution is -2.57. The number of nitrogens with one attached hydrogen (secondary N) is 3. The second-order valence-electron chi connectivity index (χ2n) is 11.9. The largest absolute Gasteiger partial charge is 0.444 e. The number of thiophene rings is 1. The molecule has 1 saturated carbocycles. The molecule has 3 heterocycles. The average Bonchev–Trinajstić information content (AvgIpc) is 3.37. The number of anilines is 1. The molecule has 0 bridgehead atoms. The van der Waals surface area contributed by atoms with Gasteiger partial charge in [0.1, 0.15) is 11.4 Å². The van der Waals surface area contributed by atoms with E-state index in [4.69, 9.17) is 16.3 Å². The monoisotopic (exact) mass is 632 g/mol. The third-order valence-electron chi connectivity index (χ3n) is 7.19. The summed E-state index contributed by atoms with van der Waals surface area (Å²) < 4.78 is 5.50. The predicted octanol–water partition coefficient (Wildman–Crippen LogP) is 3.20. The molecule has 4 rings (SSSR count). The minimum atomic E-state index is -0.910. The Morgan fingerprint density at radius 1 is 1.07 bits per heavy atom. The van der Waals surface area contributed by atoms with E-state index in [2.05, 4.69) is 20.9 Å². The van der Waals surface area contributed by atoms with Gasteiger partial charge >= 0.3 is 17.9 Å². The van der Waals surface area contributed by atoms with Crippen LogP contribution >= 0.6 is 22.9 Å². The van der Waals surface area contributed by atoms with Crippen molar-refractivity contribution in [2.45, 2.75) is 70.7 Å². The summed E-state index contributed by atoms with van der Waals surface area (Å²) in [5, 5.41) is 8.55. The van der Waals surface area contributed by atoms with Gasteiger partial charge < -0.3 is 30.5 Å². The molecule has 1 fully saturated rings. The van der Waals surface area contributed by atoms with Crippen LogP contribution in [-0.4, -0.2) is 82.8 Å². The Morgan fingerprint density at radius 2 is 1.81 bits per heavy atom. The van der Waals surface area contributed by atoms with Gasteiger partial charge in [0.25, 0.3) is 5.91 Å². The summed E-state index contributed by atoms with van der Waals surface area (Å²) in [6.07, 6.45) is 2.73. The second kappa shape index (κ2) is 13.3. The Morgan fingerprint density at radius 3 is 2.47 bits per heavy atom.